The smallest absolute Gasteiger partial charge is 0.158 e. The number of nitrogens with one attached hydrogen (secondary N) is 1. The predicted molar refractivity (Wildman–Crippen MR) is 41.5 cm³/mol. The van der Waals surface area contributed by atoms with Gasteiger partial charge in [-0.25, -0.2) is 4.98 Å². The summed E-state index contributed by atoms with van der Waals surface area (Å²) in [4.78, 5) is 6.56. The Balaban J connectivity index is 3.34. The third-order valence-electron chi connectivity index (χ3n) is 0.783. The summed E-state index contributed by atoms with van der Waals surface area (Å²) in [6.45, 7) is 0. The van der Waals surface area contributed by atoms with Crippen molar-refractivity contribution < 1.29 is 0 Å². The molecule has 0 atom stereocenters. The van der Waals surface area contributed by atoms with Gasteiger partial charge in [0.25, 0.3) is 0 Å². The average molecular weight is 206 g/mol. The van der Waals surface area contributed by atoms with Gasteiger partial charge in [0.2, 0.25) is 0 Å². The van der Waals surface area contributed by atoms with Crippen molar-refractivity contribution in [2.24, 2.45) is 0 Å². The van der Waals surface area contributed by atoms with Crippen LogP contribution in [0.5, 0.6) is 0 Å². The molecule has 0 bridgehead atoms. The Hall–Kier alpha value is -0.420. The molecule has 1 aromatic rings. The Morgan fingerprint density at radius 1 is 1.78 bits per heavy atom. The number of aromatic nitrogens is 2. The van der Waals surface area contributed by atoms with Gasteiger partial charge in [-0.1, -0.05) is 12.2 Å². The van der Waals surface area contributed by atoms with Crippen LogP contribution in [0.2, 0.25) is 0 Å². The first-order valence-corrected chi connectivity index (χ1v) is 3.40. The predicted octanol–water partition coefficient (Wildman–Crippen LogP) is 1.48. The van der Waals surface area contributed by atoms with Crippen LogP contribution in [0.4, 0.5) is 5.82 Å². The van der Waals surface area contributed by atoms with Crippen molar-refractivity contribution >= 4 is 34.0 Å². The normalized spacial score (nSPS) is 9.44. The number of H-pyrrole nitrogens is 1. The molecule has 1 aromatic heterocycles. The first kappa shape index (κ1) is 6.70. The highest BCUT2D eigenvalue weighted by molar-refractivity contribution is 9.10. The molecule has 5 heteroatoms. The third-order valence-corrected chi connectivity index (χ3v) is 1.50. The summed E-state index contributed by atoms with van der Waals surface area (Å²) in [6, 6.07) is 0. The van der Waals surface area contributed by atoms with Crippen LogP contribution in [0.15, 0.2) is 10.8 Å². The largest absolute Gasteiger partial charge is 0.381 e. The van der Waals surface area contributed by atoms with E-state index >= 15 is 0 Å². The van der Waals surface area contributed by atoms with E-state index in [1.54, 1.807) is 6.20 Å². The van der Waals surface area contributed by atoms with Crippen LogP contribution in [0.3, 0.4) is 0 Å². The monoisotopic (exact) mass is 205 g/mol. The molecule has 0 aliphatic rings. The molecular formula is C4H4BrN3S. The van der Waals surface area contributed by atoms with E-state index in [4.69, 9.17) is 18.0 Å². The minimum absolute atomic E-state index is 0.355. The molecule has 3 nitrogen and oxygen atoms in total. The lowest BCUT2D eigenvalue weighted by atomic mass is 10.7. The molecule has 3 N–H and O–H groups in total. The third kappa shape index (κ3) is 1.49. The van der Waals surface area contributed by atoms with Gasteiger partial charge in [-0.2, -0.15) is 0 Å². The summed E-state index contributed by atoms with van der Waals surface area (Å²) in [5, 5.41) is 0. The van der Waals surface area contributed by atoms with Gasteiger partial charge in [-0.3, -0.25) is 0 Å². The van der Waals surface area contributed by atoms with Gasteiger partial charge in [-0.05, 0) is 15.9 Å². The lowest BCUT2D eigenvalue weighted by molar-refractivity contribution is 1.15. The van der Waals surface area contributed by atoms with Crippen LogP contribution in [0, 0.1) is 4.64 Å². The fraction of sp³-hybridized carbons (Fsp3) is 0. The summed E-state index contributed by atoms with van der Waals surface area (Å²) >= 11 is 7.92. The fourth-order valence-corrected chi connectivity index (χ4v) is 0.984. The van der Waals surface area contributed by atoms with Crippen molar-refractivity contribution in [1.82, 2.24) is 9.97 Å². The lowest BCUT2D eigenvalue weighted by Crippen LogP contribution is -1.92. The van der Waals surface area contributed by atoms with E-state index in [0.29, 0.717) is 10.5 Å². The molecule has 0 fully saturated rings. The number of hydrogen-bond donors (Lipinski definition) is 2. The van der Waals surface area contributed by atoms with E-state index in [9.17, 15) is 0 Å². The van der Waals surface area contributed by atoms with Gasteiger partial charge in [0.1, 0.15) is 9.24 Å². The second kappa shape index (κ2) is 2.45. The van der Waals surface area contributed by atoms with Crippen LogP contribution < -0.4 is 5.73 Å². The number of aromatic amines is 1. The summed E-state index contributed by atoms with van der Waals surface area (Å²) in [5.41, 5.74) is 5.32. The first-order valence-electron chi connectivity index (χ1n) is 2.20. The van der Waals surface area contributed by atoms with Gasteiger partial charge in [0.05, 0.1) is 6.20 Å². The number of anilines is 1. The molecule has 9 heavy (non-hydrogen) atoms. The van der Waals surface area contributed by atoms with Crippen LogP contribution in [-0.2, 0) is 0 Å². The van der Waals surface area contributed by atoms with Crippen LogP contribution in [0.25, 0.3) is 0 Å². The fourth-order valence-electron chi connectivity index (χ4n) is 0.390. The minimum Gasteiger partial charge on any atom is -0.381 e. The van der Waals surface area contributed by atoms with E-state index in [-0.39, 0.29) is 0 Å². The van der Waals surface area contributed by atoms with Crippen molar-refractivity contribution in [3.05, 3.63) is 15.4 Å². The quantitative estimate of drug-likeness (QED) is 0.632. The summed E-state index contributed by atoms with van der Waals surface area (Å²) in [6.07, 6.45) is 1.56. The Morgan fingerprint density at radius 2 is 2.44 bits per heavy atom. The van der Waals surface area contributed by atoms with Gasteiger partial charge in [-0.15, -0.1) is 0 Å². The molecule has 1 heterocycles. The maximum Gasteiger partial charge on any atom is 0.158 e. The molecular weight excluding hydrogens is 202 g/mol. The Kier molecular flexibility index (Phi) is 1.82. The molecule has 1 rings (SSSR count). The Labute approximate surface area is 65.4 Å². The zero-order valence-electron chi connectivity index (χ0n) is 4.39. The van der Waals surface area contributed by atoms with E-state index < -0.39 is 0 Å². The van der Waals surface area contributed by atoms with E-state index in [1.807, 2.05) is 0 Å². The maximum absolute atomic E-state index is 5.32. The molecule has 0 aliphatic carbocycles. The van der Waals surface area contributed by atoms with Crippen LogP contribution in [0.1, 0.15) is 0 Å². The molecule has 0 aliphatic heterocycles. The number of nitrogens with zero attached hydrogens (tertiary/aromatic N) is 1. The minimum atomic E-state index is 0.355. The highest BCUT2D eigenvalue weighted by Crippen LogP contribution is 2.04. The number of halogens is 1. The van der Waals surface area contributed by atoms with Crippen LogP contribution >= 0.6 is 28.1 Å². The van der Waals surface area contributed by atoms with E-state index in [1.165, 1.54) is 0 Å². The van der Waals surface area contributed by atoms with E-state index in [0.717, 1.165) is 4.60 Å². The highest BCUT2D eigenvalue weighted by atomic mass is 79.9. The molecule has 0 aromatic carbocycles. The van der Waals surface area contributed by atoms with Gasteiger partial charge in [0, 0.05) is 0 Å². The lowest BCUT2D eigenvalue weighted by Gasteiger charge is -1.91. The van der Waals surface area contributed by atoms with Crippen molar-refractivity contribution in [2.75, 3.05) is 5.73 Å². The number of nitrogen functional groups attached to an aromatic ring is 1. The van der Waals surface area contributed by atoms with Gasteiger partial charge >= 0.3 is 0 Å². The zero-order chi connectivity index (χ0) is 6.85. The van der Waals surface area contributed by atoms with Crippen molar-refractivity contribution in [3.8, 4) is 0 Å². The van der Waals surface area contributed by atoms with Crippen LogP contribution in [-0.4, -0.2) is 9.97 Å². The Morgan fingerprint density at radius 3 is 2.89 bits per heavy atom. The average Bonchev–Trinajstić information content (AvgIpc) is 1.80. The first-order chi connectivity index (χ1) is 4.20. The van der Waals surface area contributed by atoms with Crippen molar-refractivity contribution in [3.63, 3.8) is 0 Å². The second-order valence-corrected chi connectivity index (χ2v) is 2.71. The van der Waals surface area contributed by atoms with Gasteiger partial charge < -0.3 is 10.7 Å². The molecule has 0 amide bonds. The maximum atomic E-state index is 5.32. The molecule has 0 unspecified atom stereocenters. The Bertz CT molecular complexity index is 269. The number of hydrogen-bond acceptors (Lipinski definition) is 3. The summed E-state index contributed by atoms with van der Waals surface area (Å²) in [7, 11) is 0. The molecule has 0 spiro atoms. The van der Waals surface area contributed by atoms with E-state index in [2.05, 4.69) is 25.9 Å². The molecule has 0 radical (unpaired) electrons. The molecule has 0 saturated heterocycles. The van der Waals surface area contributed by atoms with Crippen molar-refractivity contribution in [2.45, 2.75) is 0 Å². The SMILES string of the molecule is Nc1ncc(Br)[nH]c1=S. The summed E-state index contributed by atoms with van der Waals surface area (Å²) in [5.74, 6) is 0.355. The second-order valence-electron chi connectivity index (χ2n) is 1.45. The molecule has 48 valence electrons. The standard InChI is InChI=1S/C4H4BrN3S/c5-2-1-7-3(6)4(9)8-2/h1H,(H2,6,7)(H,8,9). The topological polar surface area (TPSA) is 54.7 Å². The van der Waals surface area contributed by atoms with Gasteiger partial charge in [0.15, 0.2) is 5.82 Å². The summed E-state index contributed by atoms with van der Waals surface area (Å²) < 4.78 is 1.20. The zero-order valence-corrected chi connectivity index (χ0v) is 6.79. The van der Waals surface area contributed by atoms with Crippen molar-refractivity contribution in [1.29, 1.82) is 0 Å². The molecule has 0 saturated carbocycles. The highest BCUT2D eigenvalue weighted by Gasteiger charge is 1.89. The number of nitrogens with two attached hydrogens (primary N) is 1. The number of rotatable bonds is 0.